The largest absolute Gasteiger partial charge is 0.337 e. The van der Waals surface area contributed by atoms with E-state index in [1.54, 1.807) is 12.4 Å². The van der Waals surface area contributed by atoms with Gasteiger partial charge in [-0.15, -0.1) is 0 Å². The summed E-state index contributed by atoms with van der Waals surface area (Å²) >= 11 is 0. The van der Waals surface area contributed by atoms with Crippen molar-refractivity contribution in [3.05, 3.63) is 73.2 Å². The van der Waals surface area contributed by atoms with Gasteiger partial charge in [-0.2, -0.15) is 0 Å². The summed E-state index contributed by atoms with van der Waals surface area (Å²) < 4.78 is 1.98. The summed E-state index contributed by atoms with van der Waals surface area (Å²) in [5, 5.41) is 6.10. The van der Waals surface area contributed by atoms with Crippen LogP contribution in [0, 0.1) is 0 Å². The summed E-state index contributed by atoms with van der Waals surface area (Å²) in [7, 11) is 0. The van der Waals surface area contributed by atoms with Gasteiger partial charge >= 0.3 is 0 Å². The maximum atomic E-state index is 11.3. The Kier molecular flexibility index (Phi) is 4.07. The zero-order valence-electron chi connectivity index (χ0n) is 14.2. The fraction of sp³-hybridized carbons (Fsp3) is 0.0500. The van der Waals surface area contributed by atoms with E-state index < -0.39 is 0 Å². The zero-order chi connectivity index (χ0) is 17.9. The van der Waals surface area contributed by atoms with Crippen molar-refractivity contribution >= 4 is 28.7 Å². The maximum Gasteiger partial charge on any atom is 0.221 e. The first-order valence-corrected chi connectivity index (χ1v) is 8.23. The highest BCUT2D eigenvalue weighted by molar-refractivity contribution is 5.89. The molecule has 4 aromatic rings. The van der Waals surface area contributed by atoms with E-state index in [-0.39, 0.29) is 5.91 Å². The summed E-state index contributed by atoms with van der Waals surface area (Å²) in [6.45, 7) is 1.49. The van der Waals surface area contributed by atoms with Crippen molar-refractivity contribution in [2.45, 2.75) is 6.92 Å². The third-order valence-corrected chi connectivity index (χ3v) is 3.94. The van der Waals surface area contributed by atoms with E-state index in [1.165, 1.54) is 6.92 Å². The number of nitrogens with one attached hydrogen (secondary N) is 2. The number of benzene rings is 2. The number of rotatable bonds is 4. The number of carbonyl (C=O) groups is 1. The Bertz CT molecular complexity index is 1070. The van der Waals surface area contributed by atoms with Crippen LogP contribution >= 0.6 is 0 Å². The lowest BCUT2D eigenvalue weighted by Crippen LogP contribution is -2.05. The van der Waals surface area contributed by atoms with E-state index in [4.69, 9.17) is 0 Å². The Morgan fingerprint density at radius 3 is 2.62 bits per heavy atom. The molecule has 128 valence electrons. The van der Waals surface area contributed by atoms with E-state index in [9.17, 15) is 4.79 Å². The number of amides is 1. The highest BCUT2D eigenvalue weighted by atomic mass is 16.1. The summed E-state index contributed by atoms with van der Waals surface area (Å²) in [5.74, 6) is 0.585. The molecular formula is C20H17N5O. The zero-order valence-corrected chi connectivity index (χ0v) is 14.2. The van der Waals surface area contributed by atoms with Gasteiger partial charge in [-0.05, 0) is 24.3 Å². The third kappa shape index (κ3) is 3.12. The topological polar surface area (TPSA) is 71.3 Å². The molecule has 0 spiro atoms. The van der Waals surface area contributed by atoms with Crippen molar-refractivity contribution in [2.75, 3.05) is 10.6 Å². The Hall–Kier alpha value is -3.67. The van der Waals surface area contributed by atoms with Gasteiger partial charge in [0.05, 0.1) is 11.9 Å². The molecule has 2 heterocycles. The molecule has 0 aliphatic heterocycles. The van der Waals surface area contributed by atoms with Crippen LogP contribution < -0.4 is 10.6 Å². The fourth-order valence-electron chi connectivity index (χ4n) is 2.84. The molecule has 2 aromatic heterocycles. The number of anilines is 3. The second-order valence-electron chi connectivity index (χ2n) is 5.87. The molecule has 0 aliphatic carbocycles. The molecule has 0 aliphatic rings. The summed E-state index contributed by atoms with van der Waals surface area (Å²) in [5.41, 5.74) is 4.31. The van der Waals surface area contributed by atoms with Crippen LogP contribution in [-0.4, -0.2) is 20.3 Å². The number of para-hydroxylation sites is 1. The molecule has 0 fully saturated rings. The van der Waals surface area contributed by atoms with E-state index in [0.717, 1.165) is 28.3 Å². The first kappa shape index (κ1) is 15.8. The van der Waals surface area contributed by atoms with Gasteiger partial charge in [0, 0.05) is 36.3 Å². The number of hydrogen-bond donors (Lipinski definition) is 2. The average molecular weight is 343 g/mol. The van der Waals surface area contributed by atoms with Crippen molar-refractivity contribution in [1.82, 2.24) is 14.4 Å². The minimum absolute atomic E-state index is 0.0983. The van der Waals surface area contributed by atoms with Crippen molar-refractivity contribution in [2.24, 2.45) is 0 Å². The van der Waals surface area contributed by atoms with Gasteiger partial charge in [0.15, 0.2) is 11.5 Å². The Morgan fingerprint density at radius 2 is 1.81 bits per heavy atom. The first-order chi connectivity index (χ1) is 12.7. The molecule has 0 bridgehead atoms. The second-order valence-corrected chi connectivity index (χ2v) is 5.87. The number of imidazole rings is 1. The molecule has 6 nitrogen and oxygen atoms in total. The van der Waals surface area contributed by atoms with Crippen LogP contribution in [0.3, 0.4) is 0 Å². The first-order valence-electron chi connectivity index (χ1n) is 8.23. The highest BCUT2D eigenvalue weighted by Crippen LogP contribution is 2.26. The number of nitrogens with zero attached hydrogens (tertiary/aromatic N) is 3. The molecule has 0 saturated heterocycles. The van der Waals surface area contributed by atoms with Crippen molar-refractivity contribution in [3.63, 3.8) is 0 Å². The Morgan fingerprint density at radius 1 is 1.00 bits per heavy atom. The van der Waals surface area contributed by atoms with Gasteiger partial charge in [-0.3, -0.25) is 9.20 Å². The Labute approximate surface area is 150 Å². The highest BCUT2D eigenvalue weighted by Gasteiger charge is 2.11. The SMILES string of the molecule is CC(=O)Nc1cccc(-c2cnc3c(Nc4ccccc4)nccn23)c1. The Balaban J connectivity index is 1.74. The van der Waals surface area contributed by atoms with Crippen LogP contribution in [0.5, 0.6) is 0 Å². The number of carbonyl (C=O) groups excluding carboxylic acids is 1. The van der Waals surface area contributed by atoms with E-state index >= 15 is 0 Å². The number of fused-ring (bicyclic) bond motifs is 1. The van der Waals surface area contributed by atoms with Crippen LogP contribution in [0.15, 0.2) is 73.2 Å². The van der Waals surface area contributed by atoms with Gasteiger partial charge in [0.25, 0.3) is 0 Å². The van der Waals surface area contributed by atoms with Gasteiger partial charge in [0.2, 0.25) is 5.91 Å². The molecular weight excluding hydrogens is 326 g/mol. The van der Waals surface area contributed by atoms with Crippen LogP contribution in [0.2, 0.25) is 0 Å². The van der Waals surface area contributed by atoms with Crippen molar-refractivity contribution < 1.29 is 4.79 Å². The molecule has 6 heteroatoms. The monoisotopic (exact) mass is 343 g/mol. The molecule has 2 aromatic carbocycles. The van der Waals surface area contributed by atoms with Crippen molar-refractivity contribution in [1.29, 1.82) is 0 Å². The quantitative estimate of drug-likeness (QED) is 0.585. The fourth-order valence-corrected chi connectivity index (χ4v) is 2.84. The summed E-state index contributed by atoms with van der Waals surface area (Å²) in [4.78, 5) is 20.2. The number of hydrogen-bond acceptors (Lipinski definition) is 4. The molecule has 0 radical (unpaired) electrons. The van der Waals surface area contributed by atoms with E-state index in [1.807, 2.05) is 65.2 Å². The molecule has 26 heavy (non-hydrogen) atoms. The lowest BCUT2D eigenvalue weighted by molar-refractivity contribution is -0.114. The van der Waals surface area contributed by atoms with Crippen molar-refractivity contribution in [3.8, 4) is 11.3 Å². The lowest BCUT2D eigenvalue weighted by Gasteiger charge is -2.08. The normalized spacial score (nSPS) is 10.7. The minimum Gasteiger partial charge on any atom is -0.337 e. The predicted octanol–water partition coefficient (Wildman–Crippen LogP) is 4.10. The van der Waals surface area contributed by atoms with Gasteiger partial charge in [0.1, 0.15) is 0 Å². The summed E-state index contributed by atoms with van der Waals surface area (Å²) in [6, 6.07) is 17.5. The van der Waals surface area contributed by atoms with Gasteiger partial charge in [-0.25, -0.2) is 9.97 Å². The van der Waals surface area contributed by atoms with Gasteiger partial charge < -0.3 is 10.6 Å². The molecule has 0 unspecified atom stereocenters. The average Bonchev–Trinajstić information content (AvgIpc) is 3.07. The molecule has 0 saturated carbocycles. The minimum atomic E-state index is -0.0983. The van der Waals surface area contributed by atoms with Crippen LogP contribution in [0.1, 0.15) is 6.92 Å². The van der Waals surface area contributed by atoms with Crippen LogP contribution in [0.25, 0.3) is 16.9 Å². The standard InChI is InChI=1S/C20H17N5O/c1-14(26)23-17-9-5-6-15(12-17)18-13-22-20-19(21-10-11-25(18)20)24-16-7-3-2-4-8-16/h2-13H,1H3,(H,21,24)(H,23,26). The van der Waals surface area contributed by atoms with E-state index in [0.29, 0.717) is 5.82 Å². The lowest BCUT2D eigenvalue weighted by atomic mass is 10.1. The number of aromatic nitrogens is 3. The van der Waals surface area contributed by atoms with Crippen LogP contribution in [0.4, 0.5) is 17.2 Å². The second kappa shape index (κ2) is 6.68. The van der Waals surface area contributed by atoms with E-state index in [2.05, 4.69) is 20.6 Å². The van der Waals surface area contributed by atoms with Crippen LogP contribution in [-0.2, 0) is 4.79 Å². The van der Waals surface area contributed by atoms with Gasteiger partial charge in [-0.1, -0.05) is 30.3 Å². The molecule has 4 rings (SSSR count). The molecule has 2 N–H and O–H groups in total. The third-order valence-electron chi connectivity index (χ3n) is 3.94. The molecule has 1 amide bonds. The summed E-state index contributed by atoms with van der Waals surface area (Å²) in [6.07, 6.45) is 5.42. The molecule has 0 atom stereocenters. The maximum absolute atomic E-state index is 11.3. The smallest absolute Gasteiger partial charge is 0.221 e. The predicted molar refractivity (Wildman–Crippen MR) is 102 cm³/mol.